The third-order valence-corrected chi connectivity index (χ3v) is 5.06. The van der Waals surface area contributed by atoms with Crippen molar-refractivity contribution in [3.63, 3.8) is 0 Å². The fraction of sp³-hybridized carbons (Fsp3) is 0.500. The van der Waals surface area contributed by atoms with Crippen LogP contribution in [-0.4, -0.2) is 25.7 Å². The second-order valence-corrected chi connectivity index (χ2v) is 7.01. The van der Waals surface area contributed by atoms with Crippen molar-refractivity contribution >= 4 is 10.0 Å². The summed E-state index contributed by atoms with van der Waals surface area (Å²) in [4.78, 5) is -0.208. The van der Waals surface area contributed by atoms with Crippen LogP contribution in [0.25, 0.3) is 0 Å². The molecule has 0 aromatic heterocycles. The molecule has 21 heavy (non-hydrogen) atoms. The van der Waals surface area contributed by atoms with E-state index in [1.54, 1.807) is 13.0 Å². The molecule has 1 aromatic carbocycles. The summed E-state index contributed by atoms with van der Waals surface area (Å²) in [6.45, 7) is 5.10. The zero-order valence-electron chi connectivity index (χ0n) is 12.2. The Labute approximate surface area is 124 Å². The lowest BCUT2D eigenvalue weighted by atomic mass is 9.89. The highest BCUT2D eigenvalue weighted by molar-refractivity contribution is 7.89. The lowest BCUT2D eigenvalue weighted by molar-refractivity contribution is 0.0102. The van der Waals surface area contributed by atoms with Gasteiger partial charge in [-0.2, -0.15) is 5.26 Å². The number of nitrogens with zero attached hydrogens (tertiary/aromatic N) is 1. The first kappa shape index (κ1) is 17.6. The van der Waals surface area contributed by atoms with Gasteiger partial charge in [-0.1, -0.05) is 20.3 Å². The predicted octanol–water partition coefficient (Wildman–Crippen LogP) is 1.77. The molecule has 0 saturated carbocycles. The first-order valence-corrected chi connectivity index (χ1v) is 8.04. The van der Waals surface area contributed by atoms with Crippen molar-refractivity contribution in [2.24, 2.45) is 5.92 Å². The van der Waals surface area contributed by atoms with E-state index in [9.17, 15) is 17.9 Å². The second kappa shape index (κ2) is 6.52. The lowest BCUT2D eigenvalue weighted by Crippen LogP contribution is -2.45. The van der Waals surface area contributed by atoms with Gasteiger partial charge in [0.1, 0.15) is 11.9 Å². The smallest absolute Gasteiger partial charge is 0.240 e. The fourth-order valence-electron chi connectivity index (χ4n) is 1.70. The SMILES string of the molecule is CCC(C)C(C)(O)CNS(=O)(=O)c1ccc(F)c(C#N)c1. The molecule has 116 valence electrons. The Morgan fingerprint density at radius 3 is 2.67 bits per heavy atom. The first-order chi connectivity index (χ1) is 9.64. The summed E-state index contributed by atoms with van der Waals surface area (Å²) in [6, 6.07) is 4.57. The van der Waals surface area contributed by atoms with Crippen molar-refractivity contribution in [1.29, 1.82) is 5.26 Å². The average molecular weight is 314 g/mol. The van der Waals surface area contributed by atoms with Crippen LogP contribution in [0, 0.1) is 23.1 Å². The molecule has 5 nitrogen and oxygen atoms in total. The lowest BCUT2D eigenvalue weighted by Gasteiger charge is -2.29. The van der Waals surface area contributed by atoms with E-state index in [1.807, 2.05) is 13.8 Å². The Bertz CT molecular complexity index is 651. The highest BCUT2D eigenvalue weighted by atomic mass is 32.2. The van der Waals surface area contributed by atoms with E-state index in [0.29, 0.717) is 6.42 Å². The van der Waals surface area contributed by atoms with Gasteiger partial charge in [0.15, 0.2) is 0 Å². The Morgan fingerprint density at radius 2 is 2.14 bits per heavy atom. The van der Waals surface area contributed by atoms with Crippen LogP contribution in [-0.2, 0) is 10.0 Å². The summed E-state index contributed by atoms with van der Waals surface area (Å²) in [5.41, 5.74) is -1.54. The van der Waals surface area contributed by atoms with Crippen molar-refractivity contribution in [1.82, 2.24) is 4.72 Å². The van der Waals surface area contributed by atoms with Crippen LogP contribution in [0.5, 0.6) is 0 Å². The maximum atomic E-state index is 13.2. The maximum Gasteiger partial charge on any atom is 0.240 e. The van der Waals surface area contributed by atoms with Gasteiger partial charge in [-0.15, -0.1) is 0 Å². The summed E-state index contributed by atoms with van der Waals surface area (Å²) in [5, 5.41) is 18.9. The molecule has 0 radical (unpaired) electrons. The zero-order chi connectivity index (χ0) is 16.3. The van der Waals surface area contributed by atoms with E-state index in [1.165, 1.54) is 0 Å². The highest BCUT2D eigenvalue weighted by Crippen LogP contribution is 2.20. The second-order valence-electron chi connectivity index (χ2n) is 5.24. The first-order valence-electron chi connectivity index (χ1n) is 6.55. The minimum atomic E-state index is -3.91. The number of benzene rings is 1. The van der Waals surface area contributed by atoms with Crippen LogP contribution in [0.15, 0.2) is 23.1 Å². The Hall–Kier alpha value is -1.49. The van der Waals surface area contributed by atoms with Gasteiger partial charge in [-0.3, -0.25) is 0 Å². The van der Waals surface area contributed by atoms with Crippen molar-refractivity contribution < 1.29 is 17.9 Å². The normalized spacial score (nSPS) is 16.0. The summed E-state index contributed by atoms with van der Waals surface area (Å²) in [6.07, 6.45) is 0.698. The molecule has 0 spiro atoms. The fourth-order valence-corrected chi connectivity index (χ4v) is 2.86. The number of nitrogens with one attached hydrogen (secondary N) is 1. The largest absolute Gasteiger partial charge is 0.389 e. The van der Waals surface area contributed by atoms with Crippen LogP contribution in [0.2, 0.25) is 0 Å². The Morgan fingerprint density at radius 1 is 1.52 bits per heavy atom. The van der Waals surface area contributed by atoms with E-state index >= 15 is 0 Å². The van der Waals surface area contributed by atoms with Crippen LogP contribution in [0.1, 0.15) is 32.8 Å². The van der Waals surface area contributed by atoms with E-state index in [-0.39, 0.29) is 22.9 Å². The molecule has 0 aliphatic carbocycles. The average Bonchev–Trinajstić information content (AvgIpc) is 2.44. The summed E-state index contributed by atoms with van der Waals surface area (Å²) in [5.74, 6) is -0.869. The van der Waals surface area contributed by atoms with Crippen molar-refractivity contribution in [2.45, 2.75) is 37.7 Å². The Balaban J connectivity index is 2.96. The van der Waals surface area contributed by atoms with Gasteiger partial charge in [-0.25, -0.2) is 17.5 Å². The van der Waals surface area contributed by atoms with Gasteiger partial charge < -0.3 is 5.11 Å². The van der Waals surface area contributed by atoms with Gasteiger partial charge in [0, 0.05) is 6.54 Å². The number of sulfonamides is 1. The third-order valence-electron chi connectivity index (χ3n) is 3.66. The summed E-state index contributed by atoms with van der Waals surface area (Å²) in [7, 11) is -3.91. The van der Waals surface area contributed by atoms with Gasteiger partial charge in [-0.05, 0) is 31.0 Å². The molecule has 0 amide bonds. The molecule has 0 saturated heterocycles. The van der Waals surface area contributed by atoms with Crippen LogP contribution in [0.3, 0.4) is 0 Å². The highest BCUT2D eigenvalue weighted by Gasteiger charge is 2.29. The molecule has 2 atom stereocenters. The molecule has 0 aliphatic rings. The third kappa shape index (κ3) is 4.24. The number of hydrogen-bond acceptors (Lipinski definition) is 4. The van der Waals surface area contributed by atoms with Crippen LogP contribution < -0.4 is 4.72 Å². The van der Waals surface area contributed by atoms with Crippen molar-refractivity contribution in [3.8, 4) is 6.07 Å². The Kier molecular flexibility index (Phi) is 5.45. The molecule has 2 unspecified atom stereocenters. The van der Waals surface area contributed by atoms with Crippen LogP contribution >= 0.6 is 0 Å². The van der Waals surface area contributed by atoms with Crippen LogP contribution in [0.4, 0.5) is 4.39 Å². The maximum absolute atomic E-state index is 13.2. The molecule has 2 N–H and O–H groups in total. The summed E-state index contributed by atoms with van der Waals surface area (Å²) >= 11 is 0. The van der Waals surface area contributed by atoms with Gasteiger partial charge >= 0.3 is 0 Å². The number of aliphatic hydroxyl groups is 1. The molecule has 1 rings (SSSR count). The quantitative estimate of drug-likeness (QED) is 0.837. The van der Waals surface area contributed by atoms with E-state index in [4.69, 9.17) is 5.26 Å². The predicted molar refractivity (Wildman–Crippen MR) is 76.4 cm³/mol. The number of halogens is 1. The molecule has 0 fully saturated rings. The van der Waals surface area contributed by atoms with Gasteiger partial charge in [0.05, 0.1) is 16.1 Å². The molecule has 0 bridgehead atoms. The minimum Gasteiger partial charge on any atom is -0.389 e. The van der Waals surface area contributed by atoms with E-state index < -0.39 is 21.4 Å². The molecule has 1 aromatic rings. The van der Waals surface area contributed by atoms with Gasteiger partial charge in [0.25, 0.3) is 0 Å². The topological polar surface area (TPSA) is 90.2 Å². The van der Waals surface area contributed by atoms with Crippen molar-refractivity contribution in [2.75, 3.05) is 6.54 Å². The van der Waals surface area contributed by atoms with Crippen molar-refractivity contribution in [3.05, 3.63) is 29.6 Å². The zero-order valence-corrected chi connectivity index (χ0v) is 13.0. The molecular weight excluding hydrogens is 295 g/mol. The molecule has 0 heterocycles. The summed E-state index contributed by atoms with van der Waals surface area (Å²) < 4.78 is 39.7. The standard InChI is InChI=1S/C14H19FN2O3S/c1-4-10(2)14(3,18)9-17-21(19,20)12-5-6-13(15)11(7-12)8-16/h5-7,10,17-18H,4,9H2,1-3H3. The minimum absolute atomic E-state index is 0.0944. The number of hydrogen-bond donors (Lipinski definition) is 2. The molecule has 0 aliphatic heterocycles. The number of rotatable bonds is 6. The van der Waals surface area contributed by atoms with Gasteiger partial charge in [0.2, 0.25) is 10.0 Å². The van der Waals surface area contributed by atoms with E-state index in [2.05, 4.69) is 4.72 Å². The molecular formula is C14H19FN2O3S. The molecule has 7 heteroatoms. The monoisotopic (exact) mass is 314 g/mol. The number of nitriles is 1. The van der Waals surface area contributed by atoms with E-state index in [0.717, 1.165) is 18.2 Å².